The normalized spacial score (nSPS) is 10.8. The third-order valence-corrected chi connectivity index (χ3v) is 4.17. The number of benzene rings is 2. The van der Waals surface area contributed by atoms with Crippen LogP contribution in [0, 0.1) is 0 Å². The molecule has 0 radical (unpaired) electrons. The van der Waals surface area contributed by atoms with E-state index in [1.165, 1.54) is 6.21 Å². The van der Waals surface area contributed by atoms with Gasteiger partial charge in [-0.05, 0) is 48.2 Å². The molecule has 3 aromatic rings. The van der Waals surface area contributed by atoms with Gasteiger partial charge in [0.25, 0.3) is 17.4 Å². The van der Waals surface area contributed by atoms with Gasteiger partial charge in [-0.2, -0.15) is 5.10 Å². The highest BCUT2D eigenvalue weighted by Crippen LogP contribution is 2.12. The molecule has 0 saturated carbocycles. The highest BCUT2D eigenvalue weighted by molar-refractivity contribution is 5.96. The number of carbonyl (C=O) groups is 2. The molecule has 0 spiro atoms. The van der Waals surface area contributed by atoms with Crippen molar-refractivity contribution in [3.8, 4) is 5.75 Å². The van der Waals surface area contributed by atoms with Gasteiger partial charge < -0.3 is 15.0 Å². The summed E-state index contributed by atoms with van der Waals surface area (Å²) in [5.74, 6) is -0.217. The lowest BCUT2D eigenvalue weighted by Gasteiger charge is -2.07. The number of nitrogens with one attached hydrogen (secondary N) is 3. The van der Waals surface area contributed by atoms with Crippen molar-refractivity contribution >= 4 is 28.9 Å². The summed E-state index contributed by atoms with van der Waals surface area (Å²) in [6.07, 6.45) is 2.16. The van der Waals surface area contributed by atoms with Crippen LogP contribution in [-0.4, -0.2) is 36.2 Å². The Labute approximate surface area is 173 Å². The predicted molar refractivity (Wildman–Crippen MR) is 115 cm³/mol. The molecule has 0 fully saturated rings. The smallest absolute Gasteiger partial charge is 0.259 e. The van der Waals surface area contributed by atoms with Crippen molar-refractivity contribution in [3.63, 3.8) is 0 Å². The molecule has 2 aromatic carbocycles. The molecular formula is C22H22N4O4. The minimum absolute atomic E-state index is 0.252. The van der Waals surface area contributed by atoms with Crippen LogP contribution in [0.4, 0.5) is 0 Å². The first-order valence-electron chi connectivity index (χ1n) is 9.52. The van der Waals surface area contributed by atoms with E-state index < -0.39 is 5.91 Å². The molecule has 0 atom stereocenters. The molecular weight excluding hydrogens is 384 g/mol. The fourth-order valence-electron chi connectivity index (χ4n) is 2.66. The Morgan fingerprint density at radius 3 is 2.67 bits per heavy atom. The Bertz CT molecular complexity index is 1120. The van der Waals surface area contributed by atoms with Gasteiger partial charge in [0.1, 0.15) is 5.75 Å². The van der Waals surface area contributed by atoms with Crippen molar-refractivity contribution < 1.29 is 14.3 Å². The lowest BCUT2D eigenvalue weighted by atomic mass is 10.2. The van der Waals surface area contributed by atoms with Crippen LogP contribution in [0.5, 0.6) is 5.75 Å². The van der Waals surface area contributed by atoms with E-state index in [1.807, 2.05) is 25.1 Å². The van der Waals surface area contributed by atoms with Gasteiger partial charge in [0, 0.05) is 11.1 Å². The SMILES string of the molecule is CCCOc1ccc(C(=O)NCC(=O)NN=Cc2cc3ccccc3[nH]c2=O)cc1. The standard InChI is InChI=1S/C22H22N4O4/c1-2-11-30-18-9-7-15(8-10-18)21(28)23-14-20(27)26-24-13-17-12-16-5-3-4-6-19(16)25-22(17)29/h3-10,12-13H,2,11,14H2,1H3,(H,23,28)(H,25,29)(H,26,27). The van der Waals surface area contributed by atoms with Crippen molar-refractivity contribution in [2.45, 2.75) is 13.3 Å². The topological polar surface area (TPSA) is 113 Å². The number of H-pyrrole nitrogens is 1. The van der Waals surface area contributed by atoms with Crippen molar-refractivity contribution in [1.82, 2.24) is 15.7 Å². The maximum Gasteiger partial charge on any atom is 0.259 e. The fourth-order valence-corrected chi connectivity index (χ4v) is 2.66. The molecule has 30 heavy (non-hydrogen) atoms. The number of nitrogens with zero attached hydrogens (tertiary/aromatic N) is 1. The monoisotopic (exact) mass is 406 g/mol. The summed E-state index contributed by atoms with van der Waals surface area (Å²) in [6.45, 7) is 2.37. The molecule has 1 heterocycles. The number of fused-ring (bicyclic) bond motifs is 1. The van der Waals surface area contributed by atoms with Gasteiger partial charge >= 0.3 is 0 Å². The summed E-state index contributed by atoms with van der Waals surface area (Å²) < 4.78 is 5.46. The number of hydrogen-bond acceptors (Lipinski definition) is 5. The van der Waals surface area contributed by atoms with Crippen LogP contribution in [0.3, 0.4) is 0 Å². The molecule has 8 heteroatoms. The van der Waals surface area contributed by atoms with Crippen molar-refractivity contribution in [3.05, 3.63) is 76.1 Å². The molecule has 8 nitrogen and oxygen atoms in total. The van der Waals surface area contributed by atoms with E-state index in [0.717, 1.165) is 17.3 Å². The number of para-hydroxylation sites is 1. The Morgan fingerprint density at radius 2 is 1.90 bits per heavy atom. The summed E-state index contributed by atoms with van der Waals surface area (Å²) in [5, 5.41) is 7.15. The molecule has 0 aliphatic heterocycles. The molecule has 3 rings (SSSR count). The lowest BCUT2D eigenvalue weighted by Crippen LogP contribution is -2.35. The van der Waals surface area contributed by atoms with Crippen molar-refractivity contribution in [1.29, 1.82) is 0 Å². The maximum absolute atomic E-state index is 12.1. The largest absolute Gasteiger partial charge is 0.494 e. The molecule has 154 valence electrons. The zero-order chi connectivity index (χ0) is 21.3. The molecule has 0 unspecified atom stereocenters. The second-order valence-corrected chi connectivity index (χ2v) is 6.49. The molecule has 3 N–H and O–H groups in total. The number of pyridine rings is 1. The quantitative estimate of drug-likeness (QED) is 0.393. The van der Waals surface area contributed by atoms with Gasteiger partial charge in [-0.15, -0.1) is 0 Å². The Balaban J connectivity index is 1.50. The van der Waals surface area contributed by atoms with E-state index in [9.17, 15) is 14.4 Å². The van der Waals surface area contributed by atoms with Gasteiger partial charge in [0.05, 0.1) is 24.9 Å². The van der Waals surface area contributed by atoms with E-state index in [0.29, 0.717) is 23.5 Å². The van der Waals surface area contributed by atoms with E-state index >= 15 is 0 Å². The first-order chi connectivity index (χ1) is 14.6. The van der Waals surface area contributed by atoms with Crippen LogP contribution < -0.4 is 21.0 Å². The van der Waals surface area contributed by atoms with Gasteiger partial charge in [0.2, 0.25) is 0 Å². The lowest BCUT2D eigenvalue weighted by molar-refractivity contribution is -0.120. The van der Waals surface area contributed by atoms with Crippen LogP contribution in [0.2, 0.25) is 0 Å². The van der Waals surface area contributed by atoms with Gasteiger partial charge in [-0.25, -0.2) is 5.43 Å². The van der Waals surface area contributed by atoms with E-state index in [1.54, 1.807) is 36.4 Å². The molecule has 0 aliphatic carbocycles. The first-order valence-corrected chi connectivity index (χ1v) is 9.52. The molecule has 0 bridgehead atoms. The van der Waals surface area contributed by atoms with Gasteiger partial charge in [-0.1, -0.05) is 25.1 Å². The molecule has 0 aliphatic rings. The first kappa shape index (κ1) is 20.8. The number of aromatic amines is 1. The minimum Gasteiger partial charge on any atom is -0.494 e. The number of aromatic nitrogens is 1. The highest BCUT2D eigenvalue weighted by Gasteiger charge is 2.08. The Morgan fingerprint density at radius 1 is 1.13 bits per heavy atom. The number of hydrazone groups is 1. The zero-order valence-corrected chi connectivity index (χ0v) is 16.5. The number of carbonyl (C=O) groups excluding carboxylic acids is 2. The third kappa shape index (κ3) is 5.54. The number of ether oxygens (including phenoxy) is 1. The number of hydrogen-bond donors (Lipinski definition) is 3. The summed E-state index contributed by atoms with van der Waals surface area (Å²) in [4.78, 5) is 38.8. The Hall–Kier alpha value is -3.94. The van der Waals surface area contributed by atoms with Crippen LogP contribution >= 0.6 is 0 Å². The van der Waals surface area contributed by atoms with Crippen LogP contribution in [0.1, 0.15) is 29.3 Å². The maximum atomic E-state index is 12.1. The Kier molecular flexibility index (Phi) is 6.94. The molecule has 2 amide bonds. The van der Waals surface area contributed by atoms with E-state index in [2.05, 4.69) is 20.8 Å². The summed E-state index contributed by atoms with van der Waals surface area (Å²) in [5.41, 5.74) is 3.42. The van der Waals surface area contributed by atoms with Gasteiger partial charge in [-0.3, -0.25) is 14.4 Å². The van der Waals surface area contributed by atoms with Crippen LogP contribution in [0.25, 0.3) is 10.9 Å². The third-order valence-electron chi connectivity index (χ3n) is 4.17. The average molecular weight is 406 g/mol. The highest BCUT2D eigenvalue weighted by atomic mass is 16.5. The average Bonchev–Trinajstić information content (AvgIpc) is 2.76. The fraction of sp³-hybridized carbons (Fsp3) is 0.182. The van der Waals surface area contributed by atoms with E-state index in [-0.39, 0.29) is 18.0 Å². The van der Waals surface area contributed by atoms with Crippen LogP contribution in [-0.2, 0) is 4.79 Å². The second-order valence-electron chi connectivity index (χ2n) is 6.49. The molecule has 0 saturated heterocycles. The van der Waals surface area contributed by atoms with Crippen molar-refractivity contribution in [2.24, 2.45) is 5.10 Å². The minimum atomic E-state index is -0.514. The van der Waals surface area contributed by atoms with Crippen molar-refractivity contribution in [2.75, 3.05) is 13.2 Å². The van der Waals surface area contributed by atoms with Crippen LogP contribution in [0.15, 0.2) is 64.5 Å². The summed E-state index contributed by atoms with van der Waals surface area (Å²) in [6, 6.07) is 15.7. The zero-order valence-electron chi connectivity index (χ0n) is 16.5. The number of rotatable bonds is 8. The summed E-state index contributed by atoms with van der Waals surface area (Å²) in [7, 11) is 0. The number of amides is 2. The van der Waals surface area contributed by atoms with Gasteiger partial charge in [0.15, 0.2) is 0 Å². The summed E-state index contributed by atoms with van der Waals surface area (Å²) >= 11 is 0. The predicted octanol–water partition coefficient (Wildman–Crippen LogP) is 2.20. The second kappa shape index (κ2) is 10.0. The van der Waals surface area contributed by atoms with E-state index in [4.69, 9.17) is 4.74 Å². The molecule has 1 aromatic heterocycles.